The zero-order valence-corrected chi connectivity index (χ0v) is 19.0. The molecule has 31 heavy (non-hydrogen) atoms. The average Bonchev–Trinajstić information content (AvgIpc) is 3.11. The number of amides is 1. The van der Waals surface area contributed by atoms with Crippen molar-refractivity contribution in [3.05, 3.63) is 50.9 Å². The van der Waals surface area contributed by atoms with E-state index in [4.69, 9.17) is 0 Å². The van der Waals surface area contributed by atoms with Crippen LogP contribution in [-0.4, -0.2) is 27.4 Å². The fraction of sp³-hybridized carbons (Fsp3) is 0.381. The van der Waals surface area contributed by atoms with Crippen molar-refractivity contribution < 1.29 is 13.6 Å². The van der Waals surface area contributed by atoms with Gasteiger partial charge in [0.05, 0.1) is 16.8 Å². The van der Waals surface area contributed by atoms with Gasteiger partial charge in [-0.2, -0.15) is 20.5 Å². The predicted octanol–water partition coefficient (Wildman–Crippen LogP) is 5.44. The fourth-order valence-electron chi connectivity index (χ4n) is 3.59. The van der Waals surface area contributed by atoms with Crippen molar-refractivity contribution in [3.63, 3.8) is 0 Å². The van der Waals surface area contributed by atoms with Gasteiger partial charge in [-0.15, -0.1) is 11.3 Å². The number of carbonyl (C=O) groups is 1. The van der Waals surface area contributed by atoms with E-state index in [1.165, 1.54) is 22.2 Å². The number of thioether (sulfide) groups is 2. The summed E-state index contributed by atoms with van der Waals surface area (Å²) in [6.07, 6.45) is 4.48. The summed E-state index contributed by atoms with van der Waals surface area (Å²) < 4.78 is 25.3. The highest BCUT2D eigenvalue weighted by atomic mass is 32.2. The summed E-state index contributed by atoms with van der Waals surface area (Å²) in [5, 5.41) is 3.44. The first-order valence-electron chi connectivity index (χ1n) is 9.96. The molecule has 0 aliphatic heterocycles. The van der Waals surface area contributed by atoms with Crippen LogP contribution in [0.3, 0.4) is 0 Å². The molecule has 1 aliphatic carbocycles. The van der Waals surface area contributed by atoms with Gasteiger partial charge < -0.3 is 10.3 Å². The standard InChI is InChI=1S/C21H21F2N3O2S3/c22-21(23)31-15-8-4-2-6-13(15)24-17(27)9-10-29-11-16-25-19(28)18-12-5-1-3-7-14(12)30-20(18)26-16/h2,4,6,8,21H,1,3,5,7,9-11H2,(H,24,27)(H,25,26,28). The molecular formula is C21H21F2N3O2S3. The van der Waals surface area contributed by atoms with Gasteiger partial charge in [0.25, 0.3) is 11.3 Å². The molecule has 5 nitrogen and oxygen atoms in total. The third-order valence-electron chi connectivity index (χ3n) is 4.96. The molecule has 0 saturated carbocycles. The third kappa shape index (κ3) is 5.48. The molecule has 0 saturated heterocycles. The van der Waals surface area contributed by atoms with E-state index in [1.807, 2.05) is 0 Å². The lowest BCUT2D eigenvalue weighted by atomic mass is 9.97. The molecule has 2 aromatic heterocycles. The molecule has 2 N–H and O–H groups in total. The normalized spacial score (nSPS) is 13.5. The molecule has 1 aliphatic rings. The SMILES string of the molecule is O=C(CCSCc1nc2sc3c(c2c(=O)[nH]1)CCCC3)Nc1ccccc1SC(F)F. The summed E-state index contributed by atoms with van der Waals surface area (Å²) in [7, 11) is 0. The molecule has 0 radical (unpaired) electrons. The lowest BCUT2D eigenvalue weighted by molar-refractivity contribution is -0.115. The first kappa shape index (κ1) is 22.3. The molecule has 0 unspecified atom stereocenters. The number of anilines is 1. The number of fused-ring (bicyclic) bond motifs is 3. The number of H-pyrrole nitrogens is 1. The summed E-state index contributed by atoms with van der Waals surface area (Å²) in [6, 6.07) is 6.52. The number of halogens is 2. The molecule has 0 spiro atoms. The Morgan fingerprint density at radius 3 is 2.90 bits per heavy atom. The van der Waals surface area contributed by atoms with Crippen molar-refractivity contribution in [2.24, 2.45) is 0 Å². The minimum Gasteiger partial charge on any atom is -0.325 e. The lowest BCUT2D eigenvalue weighted by Gasteiger charge is -2.10. The van der Waals surface area contributed by atoms with E-state index in [0.717, 1.165) is 35.9 Å². The Labute approximate surface area is 190 Å². The first-order chi connectivity index (χ1) is 15.0. The molecule has 1 aromatic carbocycles. The van der Waals surface area contributed by atoms with E-state index in [2.05, 4.69) is 15.3 Å². The Morgan fingerprint density at radius 1 is 1.26 bits per heavy atom. The Kier molecular flexibility index (Phi) is 7.29. The number of para-hydroxylation sites is 1. The summed E-state index contributed by atoms with van der Waals surface area (Å²) in [5.41, 5.74) is 1.48. The minimum atomic E-state index is -2.55. The van der Waals surface area contributed by atoms with Crippen LogP contribution >= 0.6 is 34.9 Å². The van der Waals surface area contributed by atoms with E-state index in [-0.39, 0.29) is 17.9 Å². The number of aromatic amines is 1. The van der Waals surface area contributed by atoms with Gasteiger partial charge in [0.2, 0.25) is 5.91 Å². The van der Waals surface area contributed by atoms with Crippen LogP contribution in [0, 0.1) is 0 Å². The van der Waals surface area contributed by atoms with Crippen LogP contribution in [0.4, 0.5) is 14.5 Å². The van der Waals surface area contributed by atoms with E-state index in [1.54, 1.807) is 35.6 Å². The number of benzene rings is 1. The Balaban J connectivity index is 1.31. The monoisotopic (exact) mass is 481 g/mol. The summed E-state index contributed by atoms with van der Waals surface area (Å²) in [6.45, 7) is 0. The molecule has 4 rings (SSSR count). The molecule has 2 heterocycles. The van der Waals surface area contributed by atoms with Crippen molar-refractivity contribution in [1.29, 1.82) is 0 Å². The molecule has 0 fully saturated rings. The van der Waals surface area contributed by atoms with E-state index < -0.39 is 5.76 Å². The zero-order chi connectivity index (χ0) is 21.8. The van der Waals surface area contributed by atoms with Gasteiger partial charge in [0.1, 0.15) is 10.7 Å². The van der Waals surface area contributed by atoms with E-state index >= 15 is 0 Å². The van der Waals surface area contributed by atoms with Crippen LogP contribution in [-0.2, 0) is 23.4 Å². The number of rotatable bonds is 8. The van der Waals surface area contributed by atoms with Crippen molar-refractivity contribution >= 4 is 56.7 Å². The number of hydrogen-bond donors (Lipinski definition) is 2. The highest BCUT2D eigenvalue weighted by molar-refractivity contribution is 7.99. The number of aromatic nitrogens is 2. The van der Waals surface area contributed by atoms with Crippen LogP contribution in [0.1, 0.15) is 35.5 Å². The van der Waals surface area contributed by atoms with Crippen LogP contribution in [0.5, 0.6) is 0 Å². The van der Waals surface area contributed by atoms with Gasteiger partial charge in [-0.25, -0.2) is 4.98 Å². The number of alkyl halides is 2. The fourth-order valence-corrected chi connectivity index (χ4v) is 6.27. The van der Waals surface area contributed by atoms with Crippen molar-refractivity contribution in [2.75, 3.05) is 11.1 Å². The second-order valence-corrected chi connectivity index (χ2v) is 10.3. The van der Waals surface area contributed by atoms with Gasteiger partial charge in [-0.1, -0.05) is 23.9 Å². The Bertz CT molecular complexity index is 1150. The smallest absolute Gasteiger partial charge is 0.288 e. The topological polar surface area (TPSA) is 74.8 Å². The van der Waals surface area contributed by atoms with Crippen molar-refractivity contribution in [2.45, 2.75) is 48.5 Å². The quantitative estimate of drug-likeness (QED) is 0.331. The molecule has 10 heteroatoms. The number of nitrogens with one attached hydrogen (secondary N) is 2. The molecule has 0 bridgehead atoms. The van der Waals surface area contributed by atoms with Crippen LogP contribution in [0.2, 0.25) is 0 Å². The molecule has 0 atom stereocenters. The second-order valence-electron chi connectivity index (χ2n) is 7.13. The van der Waals surface area contributed by atoms with Gasteiger partial charge >= 0.3 is 0 Å². The molecule has 3 aromatic rings. The number of thiophene rings is 1. The highest BCUT2D eigenvalue weighted by Crippen LogP contribution is 2.34. The van der Waals surface area contributed by atoms with Crippen molar-refractivity contribution in [3.8, 4) is 0 Å². The van der Waals surface area contributed by atoms with Crippen LogP contribution in [0.25, 0.3) is 10.2 Å². The Hall–Kier alpha value is -1.91. The molecule has 164 valence electrons. The Morgan fingerprint density at radius 2 is 2.06 bits per heavy atom. The number of nitrogens with zero attached hydrogens (tertiary/aromatic N) is 1. The molecule has 1 amide bonds. The summed E-state index contributed by atoms with van der Waals surface area (Å²) in [5.74, 6) is -1.15. The highest BCUT2D eigenvalue weighted by Gasteiger charge is 2.19. The third-order valence-corrected chi connectivity index (χ3v) is 7.91. The number of aryl methyl sites for hydroxylation is 2. The maximum absolute atomic E-state index is 12.7. The average molecular weight is 482 g/mol. The van der Waals surface area contributed by atoms with Gasteiger partial charge in [-0.05, 0) is 43.4 Å². The van der Waals surface area contributed by atoms with Crippen LogP contribution in [0.15, 0.2) is 34.0 Å². The summed E-state index contributed by atoms with van der Waals surface area (Å²) in [4.78, 5) is 34.7. The largest absolute Gasteiger partial charge is 0.325 e. The van der Waals surface area contributed by atoms with Gasteiger partial charge in [0, 0.05) is 21.9 Å². The molecular weight excluding hydrogens is 460 g/mol. The number of hydrogen-bond acceptors (Lipinski definition) is 6. The lowest BCUT2D eigenvalue weighted by Crippen LogP contribution is -2.14. The summed E-state index contributed by atoms with van der Waals surface area (Å²) >= 11 is 3.53. The van der Waals surface area contributed by atoms with Gasteiger partial charge in [-0.3, -0.25) is 9.59 Å². The number of carbonyl (C=O) groups excluding carboxylic acids is 1. The first-order valence-corrected chi connectivity index (χ1v) is 12.8. The van der Waals surface area contributed by atoms with E-state index in [9.17, 15) is 18.4 Å². The zero-order valence-electron chi connectivity index (χ0n) is 16.6. The van der Waals surface area contributed by atoms with Crippen molar-refractivity contribution in [1.82, 2.24) is 9.97 Å². The van der Waals surface area contributed by atoms with Crippen LogP contribution < -0.4 is 10.9 Å². The second kappa shape index (κ2) is 10.1. The minimum absolute atomic E-state index is 0.0779. The maximum Gasteiger partial charge on any atom is 0.288 e. The predicted molar refractivity (Wildman–Crippen MR) is 125 cm³/mol. The maximum atomic E-state index is 12.7. The van der Waals surface area contributed by atoms with E-state index in [0.29, 0.717) is 39.7 Å². The van der Waals surface area contributed by atoms with Gasteiger partial charge in [0.15, 0.2) is 0 Å².